The largest absolute Gasteiger partial charge is 0.497 e. The van der Waals surface area contributed by atoms with E-state index in [1.165, 1.54) is 6.07 Å². The molecule has 0 radical (unpaired) electrons. The first-order valence-corrected chi connectivity index (χ1v) is 7.69. The molecule has 3 nitrogen and oxygen atoms in total. The maximum atomic E-state index is 12.9. The van der Waals surface area contributed by atoms with Gasteiger partial charge >= 0.3 is 6.18 Å². The van der Waals surface area contributed by atoms with Gasteiger partial charge in [-0.3, -0.25) is 4.90 Å². The summed E-state index contributed by atoms with van der Waals surface area (Å²) in [6.07, 6.45) is -4.34. The summed E-state index contributed by atoms with van der Waals surface area (Å²) < 4.78 is 44.0. The van der Waals surface area contributed by atoms with Crippen molar-refractivity contribution in [2.24, 2.45) is 5.73 Å². The van der Waals surface area contributed by atoms with Crippen LogP contribution in [0.5, 0.6) is 5.75 Å². The Balaban J connectivity index is 1.83. The Bertz CT molecular complexity index is 713. The van der Waals surface area contributed by atoms with Gasteiger partial charge in [0.05, 0.1) is 12.7 Å². The molecule has 1 atom stereocenters. The van der Waals surface area contributed by atoms with Crippen LogP contribution in [-0.2, 0) is 19.3 Å². The van der Waals surface area contributed by atoms with Gasteiger partial charge in [0.2, 0.25) is 0 Å². The Kier molecular flexibility index (Phi) is 4.51. The highest BCUT2D eigenvalue weighted by molar-refractivity contribution is 5.39. The number of rotatable bonds is 4. The molecule has 0 spiro atoms. The minimum Gasteiger partial charge on any atom is -0.497 e. The summed E-state index contributed by atoms with van der Waals surface area (Å²) in [7, 11) is 1.61. The van der Waals surface area contributed by atoms with E-state index < -0.39 is 11.7 Å². The predicted octanol–water partition coefficient (Wildman–Crippen LogP) is 3.73. The summed E-state index contributed by atoms with van der Waals surface area (Å²) in [5.74, 6) is 0.772. The quantitative estimate of drug-likeness (QED) is 0.925. The molecule has 0 saturated heterocycles. The van der Waals surface area contributed by atoms with Crippen LogP contribution < -0.4 is 10.5 Å². The van der Waals surface area contributed by atoms with Gasteiger partial charge in [0, 0.05) is 25.7 Å². The Morgan fingerprint density at radius 1 is 1.17 bits per heavy atom. The van der Waals surface area contributed by atoms with Gasteiger partial charge in [0.1, 0.15) is 5.75 Å². The van der Waals surface area contributed by atoms with Crippen LogP contribution in [0.15, 0.2) is 42.5 Å². The lowest BCUT2D eigenvalue weighted by atomic mass is 10.0. The summed E-state index contributed by atoms with van der Waals surface area (Å²) in [6.45, 7) is 1.51. The number of hydrogen-bond acceptors (Lipinski definition) is 3. The zero-order chi connectivity index (χ0) is 17.3. The number of halogens is 3. The van der Waals surface area contributed by atoms with Crippen LogP contribution in [0.3, 0.4) is 0 Å². The second-order valence-corrected chi connectivity index (χ2v) is 5.92. The normalized spacial score (nSPS) is 17.8. The van der Waals surface area contributed by atoms with Crippen LogP contribution in [0, 0.1) is 0 Å². The molecule has 0 saturated carbocycles. The number of fused-ring (bicyclic) bond motifs is 1. The Hall–Kier alpha value is -2.05. The molecule has 1 heterocycles. The molecule has 0 bridgehead atoms. The highest BCUT2D eigenvalue weighted by atomic mass is 19.4. The summed E-state index contributed by atoms with van der Waals surface area (Å²) in [4.78, 5) is 2.10. The topological polar surface area (TPSA) is 38.5 Å². The fraction of sp³-hybridized carbons (Fsp3) is 0.333. The van der Waals surface area contributed by atoms with Gasteiger partial charge in [-0.05, 0) is 41.0 Å². The van der Waals surface area contributed by atoms with Gasteiger partial charge in [-0.1, -0.05) is 18.2 Å². The van der Waals surface area contributed by atoms with Crippen molar-refractivity contribution in [3.05, 3.63) is 64.7 Å². The molecule has 24 heavy (non-hydrogen) atoms. The number of alkyl halides is 3. The highest BCUT2D eigenvalue weighted by Gasteiger charge is 2.35. The maximum absolute atomic E-state index is 12.9. The third kappa shape index (κ3) is 3.25. The van der Waals surface area contributed by atoms with Crippen molar-refractivity contribution >= 4 is 0 Å². The maximum Gasteiger partial charge on any atom is 0.416 e. The molecule has 128 valence electrons. The second kappa shape index (κ2) is 6.45. The fourth-order valence-electron chi connectivity index (χ4n) is 3.16. The summed E-state index contributed by atoms with van der Waals surface area (Å²) in [5, 5.41) is 0. The smallest absolute Gasteiger partial charge is 0.416 e. The van der Waals surface area contributed by atoms with Gasteiger partial charge in [0.15, 0.2) is 0 Å². The van der Waals surface area contributed by atoms with E-state index in [2.05, 4.69) is 4.90 Å². The van der Waals surface area contributed by atoms with E-state index in [-0.39, 0.29) is 12.6 Å². The average Bonchev–Trinajstić information content (AvgIpc) is 2.90. The van der Waals surface area contributed by atoms with Crippen molar-refractivity contribution in [1.29, 1.82) is 0 Å². The molecule has 1 aliphatic heterocycles. The second-order valence-electron chi connectivity index (χ2n) is 5.92. The predicted molar refractivity (Wildman–Crippen MR) is 85.5 cm³/mol. The van der Waals surface area contributed by atoms with E-state index >= 15 is 0 Å². The molecule has 3 rings (SSSR count). The van der Waals surface area contributed by atoms with Crippen LogP contribution in [0.25, 0.3) is 0 Å². The number of ether oxygens (including phenoxy) is 1. The van der Waals surface area contributed by atoms with E-state index in [4.69, 9.17) is 10.5 Å². The minimum atomic E-state index is -4.34. The Morgan fingerprint density at radius 2 is 1.88 bits per heavy atom. The molecule has 2 aromatic carbocycles. The monoisotopic (exact) mass is 336 g/mol. The first kappa shape index (κ1) is 16.8. The van der Waals surface area contributed by atoms with Crippen molar-refractivity contribution in [3.63, 3.8) is 0 Å². The molecule has 1 unspecified atom stereocenters. The molecule has 0 aromatic heterocycles. The number of nitrogens with two attached hydrogens (primary N) is 1. The van der Waals surface area contributed by atoms with E-state index in [0.29, 0.717) is 18.7 Å². The molecule has 0 fully saturated rings. The molecule has 1 aliphatic rings. The molecule has 0 aliphatic carbocycles. The summed E-state index contributed by atoms with van der Waals surface area (Å²) in [6, 6.07) is 11.4. The van der Waals surface area contributed by atoms with Gasteiger partial charge in [0.25, 0.3) is 0 Å². The third-order valence-electron chi connectivity index (χ3n) is 4.41. The molecule has 6 heteroatoms. The lowest BCUT2D eigenvalue weighted by Crippen LogP contribution is -2.27. The third-order valence-corrected chi connectivity index (χ3v) is 4.41. The van der Waals surface area contributed by atoms with Crippen LogP contribution in [0.1, 0.15) is 28.3 Å². The first-order chi connectivity index (χ1) is 11.4. The van der Waals surface area contributed by atoms with Gasteiger partial charge < -0.3 is 10.5 Å². The molecule has 0 amide bonds. The number of benzene rings is 2. The molecule has 2 N–H and O–H groups in total. The van der Waals surface area contributed by atoms with Crippen LogP contribution >= 0.6 is 0 Å². The van der Waals surface area contributed by atoms with Crippen molar-refractivity contribution in [3.8, 4) is 5.75 Å². The summed E-state index contributed by atoms with van der Waals surface area (Å²) in [5.41, 5.74) is 7.89. The van der Waals surface area contributed by atoms with Crippen molar-refractivity contribution in [1.82, 2.24) is 4.90 Å². The van der Waals surface area contributed by atoms with Crippen LogP contribution in [0.2, 0.25) is 0 Å². The SMILES string of the molecule is COc1ccc(CN2Cc3ccc(C(F)(F)F)cc3C2CN)cc1. The fourth-order valence-corrected chi connectivity index (χ4v) is 3.16. The van der Waals surface area contributed by atoms with Gasteiger partial charge in [-0.2, -0.15) is 13.2 Å². The first-order valence-electron chi connectivity index (χ1n) is 7.69. The van der Waals surface area contributed by atoms with Crippen LogP contribution in [-0.4, -0.2) is 18.6 Å². The zero-order valence-corrected chi connectivity index (χ0v) is 13.3. The summed E-state index contributed by atoms with van der Waals surface area (Å²) >= 11 is 0. The molecule has 2 aromatic rings. The average molecular weight is 336 g/mol. The van der Waals surface area contributed by atoms with Gasteiger partial charge in [-0.15, -0.1) is 0 Å². The molecular formula is C18H19F3N2O. The lowest BCUT2D eigenvalue weighted by molar-refractivity contribution is -0.137. The zero-order valence-electron chi connectivity index (χ0n) is 13.3. The van der Waals surface area contributed by atoms with Crippen molar-refractivity contribution < 1.29 is 17.9 Å². The van der Waals surface area contributed by atoms with E-state index in [1.54, 1.807) is 13.2 Å². The number of methoxy groups -OCH3 is 1. The highest BCUT2D eigenvalue weighted by Crippen LogP contribution is 2.38. The van der Waals surface area contributed by atoms with E-state index in [1.807, 2.05) is 24.3 Å². The standard InChI is InChI=1S/C18H19F3N2O/c1-24-15-6-2-12(3-7-15)10-23-11-13-4-5-14(18(19,20)21)8-16(13)17(23)9-22/h2-8,17H,9-11,22H2,1H3. The number of hydrogen-bond donors (Lipinski definition) is 1. The van der Waals surface area contributed by atoms with Crippen molar-refractivity contribution in [2.75, 3.05) is 13.7 Å². The van der Waals surface area contributed by atoms with E-state index in [9.17, 15) is 13.2 Å². The minimum absolute atomic E-state index is 0.204. The number of nitrogens with zero attached hydrogens (tertiary/aromatic N) is 1. The Morgan fingerprint density at radius 3 is 2.46 bits per heavy atom. The Labute approximate surface area is 138 Å². The van der Waals surface area contributed by atoms with Gasteiger partial charge in [-0.25, -0.2) is 0 Å². The molecular weight excluding hydrogens is 317 g/mol. The van der Waals surface area contributed by atoms with Crippen LogP contribution in [0.4, 0.5) is 13.2 Å². The van der Waals surface area contributed by atoms with E-state index in [0.717, 1.165) is 22.9 Å². The lowest BCUT2D eigenvalue weighted by Gasteiger charge is -2.24. The van der Waals surface area contributed by atoms with Crippen molar-refractivity contribution in [2.45, 2.75) is 25.3 Å².